The van der Waals surface area contributed by atoms with Crippen molar-refractivity contribution in [2.75, 3.05) is 5.73 Å². The predicted molar refractivity (Wildman–Crippen MR) is 103 cm³/mol. The van der Waals surface area contributed by atoms with Crippen LogP contribution in [0.25, 0.3) is 17.1 Å². The maximum Gasteiger partial charge on any atom is 0.294 e. The number of amides is 1. The Kier molecular flexibility index (Phi) is 4.76. The molecule has 0 atom stereocenters. The number of hydrogen-bond donors (Lipinski definition) is 2. The van der Waals surface area contributed by atoms with E-state index in [2.05, 4.69) is 40.8 Å². The summed E-state index contributed by atoms with van der Waals surface area (Å²) >= 11 is 0. The fourth-order valence-corrected chi connectivity index (χ4v) is 2.56. The minimum absolute atomic E-state index is 0.0194. The Morgan fingerprint density at radius 1 is 1.17 bits per heavy atom. The van der Waals surface area contributed by atoms with Crippen molar-refractivity contribution in [1.82, 2.24) is 35.7 Å². The lowest BCUT2D eigenvalue weighted by Crippen LogP contribution is -2.19. The van der Waals surface area contributed by atoms with Crippen molar-refractivity contribution < 1.29 is 9.42 Å². The average Bonchev–Trinajstić information content (AvgIpc) is 3.35. The number of hydrogen-bond acceptors (Lipinski definition) is 9. The smallest absolute Gasteiger partial charge is 0.294 e. The van der Waals surface area contributed by atoms with Crippen LogP contribution in [0.1, 0.15) is 21.6 Å². The van der Waals surface area contributed by atoms with E-state index in [9.17, 15) is 4.79 Å². The minimum Gasteiger partial charge on any atom is -0.378 e. The maximum absolute atomic E-state index is 12.7. The van der Waals surface area contributed by atoms with Gasteiger partial charge in [-0.15, -0.1) is 5.10 Å². The summed E-state index contributed by atoms with van der Waals surface area (Å²) in [4.78, 5) is 16.6. The maximum atomic E-state index is 12.7. The van der Waals surface area contributed by atoms with Crippen molar-refractivity contribution >= 4 is 17.9 Å². The summed E-state index contributed by atoms with van der Waals surface area (Å²) in [5.74, 6) is -0.398. The molecule has 0 saturated heterocycles. The molecule has 0 unspecified atom stereocenters. The molecule has 0 aliphatic carbocycles. The largest absolute Gasteiger partial charge is 0.378 e. The van der Waals surface area contributed by atoms with Crippen molar-refractivity contribution in [1.29, 1.82) is 0 Å². The van der Waals surface area contributed by atoms with E-state index in [-0.39, 0.29) is 17.3 Å². The zero-order chi connectivity index (χ0) is 20.2. The Labute approximate surface area is 164 Å². The highest BCUT2D eigenvalue weighted by atomic mass is 16.6. The van der Waals surface area contributed by atoms with E-state index in [1.165, 1.54) is 10.9 Å². The van der Waals surface area contributed by atoms with E-state index in [1.807, 2.05) is 31.2 Å². The van der Waals surface area contributed by atoms with Crippen molar-refractivity contribution in [3.8, 4) is 17.1 Å². The highest BCUT2D eigenvalue weighted by Crippen LogP contribution is 2.26. The van der Waals surface area contributed by atoms with Gasteiger partial charge in [0.2, 0.25) is 11.6 Å². The minimum atomic E-state index is -0.549. The van der Waals surface area contributed by atoms with Gasteiger partial charge in [0.25, 0.3) is 5.91 Å². The number of rotatable bonds is 5. The van der Waals surface area contributed by atoms with Crippen LogP contribution >= 0.6 is 0 Å². The third kappa shape index (κ3) is 3.69. The third-order valence-corrected chi connectivity index (χ3v) is 3.99. The Hall–Kier alpha value is -4.41. The van der Waals surface area contributed by atoms with Crippen molar-refractivity contribution in [3.63, 3.8) is 0 Å². The molecule has 0 bridgehead atoms. The van der Waals surface area contributed by atoms with Crippen molar-refractivity contribution in [2.45, 2.75) is 6.92 Å². The Bertz CT molecular complexity index is 1160. The summed E-state index contributed by atoms with van der Waals surface area (Å²) in [6.45, 7) is 1.96. The van der Waals surface area contributed by atoms with Gasteiger partial charge in [0.15, 0.2) is 5.69 Å². The molecule has 1 aromatic carbocycles. The first-order valence-electron chi connectivity index (χ1n) is 8.48. The molecule has 29 heavy (non-hydrogen) atoms. The Morgan fingerprint density at radius 2 is 1.93 bits per heavy atom. The summed E-state index contributed by atoms with van der Waals surface area (Å²) in [5, 5.41) is 19.3. The molecular weight excluding hydrogens is 374 g/mol. The molecule has 3 heterocycles. The van der Waals surface area contributed by atoms with Crippen LogP contribution in [-0.4, -0.2) is 42.4 Å². The fraction of sp³-hybridized carbons (Fsp3) is 0.0556. The van der Waals surface area contributed by atoms with Gasteiger partial charge in [-0.3, -0.25) is 9.78 Å². The number of nitrogens with one attached hydrogen (secondary N) is 1. The summed E-state index contributed by atoms with van der Waals surface area (Å²) < 4.78 is 5.95. The Balaban J connectivity index is 1.70. The number of nitrogen functional groups attached to an aromatic ring is 1. The molecule has 3 N–H and O–H groups in total. The monoisotopic (exact) mass is 389 g/mol. The van der Waals surface area contributed by atoms with E-state index >= 15 is 0 Å². The summed E-state index contributed by atoms with van der Waals surface area (Å²) in [7, 11) is 0. The van der Waals surface area contributed by atoms with Gasteiger partial charge in [-0.25, -0.2) is 10.1 Å². The first-order chi connectivity index (χ1) is 14.1. The fourth-order valence-electron chi connectivity index (χ4n) is 2.56. The van der Waals surface area contributed by atoms with Crippen LogP contribution < -0.4 is 11.2 Å². The lowest BCUT2D eigenvalue weighted by molar-refractivity contribution is 0.0950. The molecule has 0 spiro atoms. The molecule has 3 aromatic heterocycles. The molecule has 11 nitrogen and oxygen atoms in total. The second-order valence-electron chi connectivity index (χ2n) is 6.02. The van der Waals surface area contributed by atoms with Crippen LogP contribution in [0.5, 0.6) is 0 Å². The van der Waals surface area contributed by atoms with Gasteiger partial charge in [0.05, 0.1) is 6.21 Å². The van der Waals surface area contributed by atoms with E-state index in [0.29, 0.717) is 11.3 Å². The number of carbonyl (C=O) groups excluding carboxylic acids is 1. The third-order valence-electron chi connectivity index (χ3n) is 3.99. The number of nitrogens with zero attached hydrogens (tertiary/aromatic N) is 7. The molecule has 0 fully saturated rings. The highest BCUT2D eigenvalue weighted by Gasteiger charge is 2.25. The van der Waals surface area contributed by atoms with Gasteiger partial charge in [0, 0.05) is 18.0 Å². The van der Waals surface area contributed by atoms with Crippen LogP contribution in [0.15, 0.2) is 58.5 Å². The molecule has 4 rings (SSSR count). The highest BCUT2D eigenvalue weighted by molar-refractivity contribution is 5.98. The van der Waals surface area contributed by atoms with Crippen LogP contribution in [0.3, 0.4) is 0 Å². The molecule has 1 amide bonds. The molecule has 144 valence electrons. The first kappa shape index (κ1) is 18.0. The van der Waals surface area contributed by atoms with Crippen molar-refractivity contribution in [3.05, 3.63) is 65.6 Å². The number of nitrogens with two attached hydrogens (primary N) is 1. The second-order valence-corrected chi connectivity index (χ2v) is 6.02. The average molecular weight is 389 g/mol. The number of anilines is 1. The van der Waals surface area contributed by atoms with Gasteiger partial charge < -0.3 is 5.73 Å². The number of hydrazone groups is 1. The first-order valence-corrected chi connectivity index (χ1v) is 8.48. The molecule has 4 aromatic rings. The Morgan fingerprint density at radius 3 is 2.62 bits per heavy atom. The van der Waals surface area contributed by atoms with Crippen LogP contribution in [-0.2, 0) is 0 Å². The van der Waals surface area contributed by atoms with E-state index in [4.69, 9.17) is 5.73 Å². The van der Waals surface area contributed by atoms with Gasteiger partial charge in [-0.1, -0.05) is 35.0 Å². The van der Waals surface area contributed by atoms with Crippen molar-refractivity contribution in [2.24, 2.45) is 5.10 Å². The number of aromatic nitrogens is 6. The van der Waals surface area contributed by atoms with E-state index in [0.717, 1.165) is 11.1 Å². The molecule has 0 radical (unpaired) electrons. The number of benzene rings is 1. The van der Waals surface area contributed by atoms with Gasteiger partial charge >= 0.3 is 0 Å². The SMILES string of the molecule is Cc1ccc(-c2c(C(=O)NN=Cc3ccncc3)nnn2-c2nonc2N)cc1. The summed E-state index contributed by atoms with van der Waals surface area (Å²) in [6, 6.07) is 11.0. The van der Waals surface area contributed by atoms with Crippen LogP contribution in [0.4, 0.5) is 5.82 Å². The van der Waals surface area contributed by atoms with Gasteiger partial charge in [0.1, 0.15) is 5.69 Å². The summed E-state index contributed by atoms with van der Waals surface area (Å²) in [5.41, 5.74) is 11.2. The molecule has 11 heteroatoms. The zero-order valence-corrected chi connectivity index (χ0v) is 15.2. The number of carbonyl (C=O) groups is 1. The molecular formula is C18H15N9O2. The quantitative estimate of drug-likeness (QED) is 0.384. The zero-order valence-electron chi connectivity index (χ0n) is 15.2. The topological polar surface area (TPSA) is 150 Å². The van der Waals surface area contributed by atoms with Gasteiger partial charge in [-0.05, 0) is 34.9 Å². The molecule has 0 aliphatic heterocycles. The standard InChI is InChI=1S/C18H15N9O2/c1-11-2-4-13(5-3-11)15-14(22-26-27(15)17-16(19)24-29-25-17)18(28)23-21-10-12-6-8-20-9-7-12/h2-10H,1H3,(H2,19,24)(H,23,28). The molecule has 0 saturated carbocycles. The van der Waals surface area contributed by atoms with E-state index < -0.39 is 5.91 Å². The summed E-state index contributed by atoms with van der Waals surface area (Å²) in [6.07, 6.45) is 4.75. The number of aryl methyl sites for hydroxylation is 1. The lowest BCUT2D eigenvalue weighted by atomic mass is 10.1. The van der Waals surface area contributed by atoms with E-state index in [1.54, 1.807) is 24.5 Å². The number of pyridine rings is 1. The van der Waals surface area contributed by atoms with Crippen LogP contribution in [0, 0.1) is 6.92 Å². The normalized spacial score (nSPS) is 11.1. The van der Waals surface area contributed by atoms with Gasteiger partial charge in [-0.2, -0.15) is 9.78 Å². The predicted octanol–water partition coefficient (Wildman–Crippen LogP) is 1.37. The molecule has 0 aliphatic rings. The van der Waals surface area contributed by atoms with Crippen LogP contribution in [0.2, 0.25) is 0 Å². The second kappa shape index (κ2) is 7.68. The lowest BCUT2D eigenvalue weighted by Gasteiger charge is -2.06.